The standard InChI is InChI=1S/C18H24N2O/c1-11(2)16-7-6-15(9-13(16)4)21-18-17(10-19)12(3)8-14(5)20-18/h6-9,11H,10,19H2,1-5H3. The molecule has 2 aromatic rings. The van der Waals surface area contributed by atoms with Crippen molar-refractivity contribution in [1.29, 1.82) is 0 Å². The van der Waals surface area contributed by atoms with E-state index >= 15 is 0 Å². The van der Waals surface area contributed by atoms with Gasteiger partial charge >= 0.3 is 0 Å². The van der Waals surface area contributed by atoms with Crippen LogP contribution in [-0.4, -0.2) is 4.98 Å². The first-order chi connectivity index (χ1) is 9.92. The van der Waals surface area contributed by atoms with Gasteiger partial charge in [-0.15, -0.1) is 0 Å². The Morgan fingerprint density at radius 2 is 1.81 bits per heavy atom. The fourth-order valence-electron chi connectivity index (χ4n) is 2.63. The maximum atomic E-state index is 5.99. The summed E-state index contributed by atoms with van der Waals surface area (Å²) in [7, 11) is 0. The van der Waals surface area contributed by atoms with Crippen molar-refractivity contribution in [2.45, 2.75) is 47.1 Å². The van der Waals surface area contributed by atoms with E-state index in [4.69, 9.17) is 10.5 Å². The summed E-state index contributed by atoms with van der Waals surface area (Å²) in [6.07, 6.45) is 0. The molecule has 2 rings (SSSR count). The van der Waals surface area contributed by atoms with Gasteiger partial charge in [-0.1, -0.05) is 19.9 Å². The third-order valence-electron chi connectivity index (χ3n) is 3.72. The lowest BCUT2D eigenvalue weighted by Gasteiger charge is -2.15. The fourth-order valence-corrected chi connectivity index (χ4v) is 2.63. The minimum Gasteiger partial charge on any atom is -0.439 e. The maximum absolute atomic E-state index is 5.99. The molecule has 1 aromatic carbocycles. The highest BCUT2D eigenvalue weighted by molar-refractivity contribution is 5.41. The maximum Gasteiger partial charge on any atom is 0.224 e. The van der Waals surface area contributed by atoms with Gasteiger partial charge in [-0.05, 0) is 61.6 Å². The van der Waals surface area contributed by atoms with Crippen LogP contribution in [0.25, 0.3) is 0 Å². The molecule has 0 aliphatic heterocycles. The van der Waals surface area contributed by atoms with Crippen LogP contribution in [0.2, 0.25) is 0 Å². The molecule has 112 valence electrons. The van der Waals surface area contributed by atoms with Crippen LogP contribution in [0, 0.1) is 20.8 Å². The van der Waals surface area contributed by atoms with Crippen molar-refractivity contribution < 1.29 is 4.74 Å². The summed E-state index contributed by atoms with van der Waals surface area (Å²) in [5.41, 5.74) is 11.4. The van der Waals surface area contributed by atoms with Crippen molar-refractivity contribution in [3.8, 4) is 11.6 Å². The first-order valence-electron chi connectivity index (χ1n) is 7.38. The summed E-state index contributed by atoms with van der Waals surface area (Å²) in [4.78, 5) is 4.49. The minimum atomic E-state index is 0.428. The van der Waals surface area contributed by atoms with Crippen molar-refractivity contribution in [2.75, 3.05) is 0 Å². The van der Waals surface area contributed by atoms with E-state index in [0.717, 1.165) is 22.6 Å². The van der Waals surface area contributed by atoms with Crippen LogP contribution in [0.15, 0.2) is 24.3 Å². The molecule has 0 aliphatic rings. The predicted molar refractivity (Wildman–Crippen MR) is 86.9 cm³/mol. The summed E-state index contributed by atoms with van der Waals surface area (Å²) in [6, 6.07) is 8.22. The first kappa shape index (κ1) is 15.5. The molecule has 1 aromatic heterocycles. The van der Waals surface area contributed by atoms with E-state index in [1.807, 2.05) is 26.0 Å². The van der Waals surface area contributed by atoms with E-state index in [1.54, 1.807) is 0 Å². The molecule has 3 nitrogen and oxygen atoms in total. The highest BCUT2D eigenvalue weighted by Gasteiger charge is 2.11. The number of aryl methyl sites for hydroxylation is 3. The Balaban J connectivity index is 2.36. The molecule has 0 atom stereocenters. The monoisotopic (exact) mass is 284 g/mol. The predicted octanol–water partition coefficient (Wildman–Crippen LogP) is 4.38. The molecule has 0 fully saturated rings. The molecule has 0 aliphatic carbocycles. The van der Waals surface area contributed by atoms with Gasteiger partial charge in [-0.25, -0.2) is 4.98 Å². The van der Waals surface area contributed by atoms with Gasteiger partial charge in [0, 0.05) is 17.8 Å². The van der Waals surface area contributed by atoms with Crippen LogP contribution in [0.4, 0.5) is 0 Å². The Bertz CT molecular complexity index is 648. The number of benzene rings is 1. The van der Waals surface area contributed by atoms with Crippen molar-refractivity contribution in [3.05, 3.63) is 52.2 Å². The number of hydrogen-bond donors (Lipinski definition) is 1. The number of rotatable bonds is 4. The summed E-state index contributed by atoms with van der Waals surface area (Å²) in [5.74, 6) is 1.94. The lowest BCUT2D eigenvalue weighted by molar-refractivity contribution is 0.453. The average molecular weight is 284 g/mol. The van der Waals surface area contributed by atoms with Gasteiger partial charge in [0.2, 0.25) is 5.88 Å². The Morgan fingerprint density at radius 3 is 2.38 bits per heavy atom. The van der Waals surface area contributed by atoms with Gasteiger partial charge in [-0.2, -0.15) is 0 Å². The Labute approximate surface area is 127 Å². The topological polar surface area (TPSA) is 48.1 Å². The number of nitrogens with two attached hydrogens (primary N) is 1. The van der Waals surface area contributed by atoms with Gasteiger partial charge in [0.1, 0.15) is 5.75 Å². The smallest absolute Gasteiger partial charge is 0.224 e. The van der Waals surface area contributed by atoms with Crippen molar-refractivity contribution in [1.82, 2.24) is 4.98 Å². The van der Waals surface area contributed by atoms with Crippen LogP contribution in [-0.2, 0) is 6.54 Å². The van der Waals surface area contributed by atoms with Crippen molar-refractivity contribution >= 4 is 0 Å². The Kier molecular flexibility index (Phi) is 4.63. The molecule has 0 amide bonds. The molecule has 3 heteroatoms. The molecular weight excluding hydrogens is 260 g/mol. The third kappa shape index (κ3) is 3.42. The van der Waals surface area contributed by atoms with E-state index < -0.39 is 0 Å². The largest absolute Gasteiger partial charge is 0.439 e. The van der Waals surface area contributed by atoms with Gasteiger partial charge in [0.05, 0.1) is 0 Å². The molecule has 0 saturated carbocycles. The highest BCUT2D eigenvalue weighted by Crippen LogP contribution is 2.29. The summed E-state index contributed by atoms with van der Waals surface area (Å²) in [5, 5.41) is 0. The Hall–Kier alpha value is -1.87. The molecule has 0 radical (unpaired) electrons. The lowest BCUT2D eigenvalue weighted by Crippen LogP contribution is -2.05. The molecule has 0 unspecified atom stereocenters. The average Bonchev–Trinajstić information content (AvgIpc) is 2.37. The number of nitrogens with zero attached hydrogens (tertiary/aromatic N) is 1. The van der Waals surface area contributed by atoms with Crippen LogP contribution < -0.4 is 10.5 Å². The molecule has 0 bridgehead atoms. The molecule has 21 heavy (non-hydrogen) atoms. The minimum absolute atomic E-state index is 0.428. The van der Waals surface area contributed by atoms with Crippen molar-refractivity contribution in [3.63, 3.8) is 0 Å². The summed E-state index contributed by atoms with van der Waals surface area (Å²) in [6.45, 7) is 10.9. The van der Waals surface area contributed by atoms with E-state index in [0.29, 0.717) is 18.3 Å². The van der Waals surface area contributed by atoms with Crippen LogP contribution in [0.1, 0.15) is 47.7 Å². The van der Waals surface area contributed by atoms with Crippen molar-refractivity contribution in [2.24, 2.45) is 5.73 Å². The van der Waals surface area contributed by atoms with E-state index in [2.05, 4.69) is 37.9 Å². The zero-order valence-corrected chi connectivity index (χ0v) is 13.5. The SMILES string of the molecule is Cc1cc(C)c(CN)c(Oc2ccc(C(C)C)c(C)c2)n1. The summed E-state index contributed by atoms with van der Waals surface area (Å²) < 4.78 is 5.99. The van der Waals surface area contributed by atoms with Gasteiger partial charge in [0.25, 0.3) is 0 Å². The molecule has 0 spiro atoms. The van der Waals surface area contributed by atoms with Gasteiger partial charge in [0.15, 0.2) is 0 Å². The number of pyridine rings is 1. The third-order valence-corrected chi connectivity index (χ3v) is 3.72. The van der Waals surface area contributed by atoms with Crippen LogP contribution in [0.3, 0.4) is 0 Å². The van der Waals surface area contributed by atoms with Crippen LogP contribution in [0.5, 0.6) is 11.6 Å². The number of aromatic nitrogens is 1. The van der Waals surface area contributed by atoms with Gasteiger partial charge < -0.3 is 10.5 Å². The molecular formula is C18H24N2O. The highest BCUT2D eigenvalue weighted by atomic mass is 16.5. The quantitative estimate of drug-likeness (QED) is 0.906. The second-order valence-corrected chi connectivity index (χ2v) is 5.84. The molecule has 2 N–H and O–H groups in total. The first-order valence-corrected chi connectivity index (χ1v) is 7.38. The second kappa shape index (κ2) is 6.27. The zero-order valence-electron chi connectivity index (χ0n) is 13.5. The molecule has 1 heterocycles. The van der Waals surface area contributed by atoms with Gasteiger partial charge in [-0.3, -0.25) is 0 Å². The van der Waals surface area contributed by atoms with E-state index in [1.165, 1.54) is 11.1 Å². The zero-order chi connectivity index (χ0) is 15.6. The number of ether oxygens (including phenoxy) is 1. The lowest BCUT2D eigenvalue weighted by atomic mass is 9.98. The number of hydrogen-bond acceptors (Lipinski definition) is 3. The molecule has 0 saturated heterocycles. The van der Waals surface area contributed by atoms with E-state index in [9.17, 15) is 0 Å². The Morgan fingerprint density at radius 1 is 1.10 bits per heavy atom. The van der Waals surface area contributed by atoms with Crippen LogP contribution >= 0.6 is 0 Å². The second-order valence-electron chi connectivity index (χ2n) is 5.84. The van der Waals surface area contributed by atoms with E-state index in [-0.39, 0.29) is 0 Å². The summed E-state index contributed by atoms with van der Waals surface area (Å²) >= 11 is 0. The normalized spacial score (nSPS) is 11.0. The fraction of sp³-hybridized carbons (Fsp3) is 0.389.